The van der Waals surface area contributed by atoms with E-state index in [9.17, 15) is 13.8 Å². The van der Waals surface area contributed by atoms with Gasteiger partial charge in [0.05, 0.1) is 23.3 Å². The molecule has 1 unspecified atom stereocenters. The lowest BCUT2D eigenvalue weighted by Crippen LogP contribution is -2.64. The Morgan fingerprint density at radius 3 is 2.40 bits per heavy atom. The van der Waals surface area contributed by atoms with Gasteiger partial charge in [0.2, 0.25) is 5.78 Å². The second-order valence-corrected chi connectivity index (χ2v) is 8.91. The van der Waals surface area contributed by atoms with Crippen LogP contribution in [0.5, 0.6) is 0 Å². The molecule has 0 amide bonds. The van der Waals surface area contributed by atoms with Crippen molar-refractivity contribution < 1.29 is 18.5 Å². The zero-order valence-electron chi connectivity index (χ0n) is 14.4. The summed E-state index contributed by atoms with van der Waals surface area (Å²) >= 11 is 0. The van der Waals surface area contributed by atoms with Gasteiger partial charge in [-0.05, 0) is 38.3 Å². The summed E-state index contributed by atoms with van der Waals surface area (Å²) in [4.78, 5) is 27.0. The summed E-state index contributed by atoms with van der Waals surface area (Å²) in [6.45, 7) is 3.76. The van der Waals surface area contributed by atoms with E-state index in [1.807, 2.05) is 31.2 Å². The molecule has 25 heavy (non-hydrogen) atoms. The highest BCUT2D eigenvalue weighted by atomic mass is 32.2. The fourth-order valence-corrected chi connectivity index (χ4v) is 6.90. The van der Waals surface area contributed by atoms with E-state index in [1.165, 1.54) is 13.2 Å². The van der Waals surface area contributed by atoms with Gasteiger partial charge in [-0.25, -0.2) is 0 Å². The molecule has 4 rings (SSSR count). The Bertz CT molecular complexity index is 866. The van der Waals surface area contributed by atoms with Gasteiger partial charge < -0.3 is 4.74 Å². The molecule has 1 aromatic rings. The predicted molar refractivity (Wildman–Crippen MR) is 94.3 cm³/mol. The first-order valence-corrected chi connectivity index (χ1v) is 9.54. The van der Waals surface area contributed by atoms with E-state index in [2.05, 4.69) is 0 Å². The Kier molecular flexibility index (Phi) is 3.45. The number of methoxy groups -OCH3 is 1. The maximum absolute atomic E-state index is 13.7. The Balaban J connectivity index is 1.97. The van der Waals surface area contributed by atoms with Crippen LogP contribution in [-0.2, 0) is 25.1 Å². The number of rotatable bonds is 3. The number of ketones is 2. The molecule has 1 fully saturated rings. The van der Waals surface area contributed by atoms with Crippen LogP contribution < -0.4 is 0 Å². The smallest absolute Gasteiger partial charge is 0.218 e. The van der Waals surface area contributed by atoms with E-state index in [0.29, 0.717) is 11.3 Å². The van der Waals surface area contributed by atoms with Crippen LogP contribution >= 0.6 is 0 Å². The molecule has 3 aliphatic rings. The summed E-state index contributed by atoms with van der Waals surface area (Å²) in [5, 5.41) is 0. The number of fused-ring (bicyclic) bond motifs is 5. The summed E-state index contributed by atoms with van der Waals surface area (Å²) in [6, 6.07) is 7.34. The van der Waals surface area contributed by atoms with Gasteiger partial charge in [0.25, 0.3) is 0 Å². The average molecular weight is 356 g/mol. The number of hydrogen-bond donors (Lipinski definition) is 0. The van der Waals surface area contributed by atoms with Gasteiger partial charge in [-0.2, -0.15) is 0 Å². The highest BCUT2D eigenvalue weighted by Gasteiger charge is 2.75. The lowest BCUT2D eigenvalue weighted by molar-refractivity contribution is -0.136. The number of carbonyl (C=O) groups is 2. The van der Waals surface area contributed by atoms with Crippen LogP contribution in [-0.4, -0.2) is 27.6 Å². The molecule has 5 heteroatoms. The molecule has 0 aliphatic heterocycles. The van der Waals surface area contributed by atoms with Gasteiger partial charge >= 0.3 is 0 Å². The second kappa shape index (κ2) is 5.24. The highest BCUT2D eigenvalue weighted by Crippen LogP contribution is 2.64. The van der Waals surface area contributed by atoms with E-state index in [-0.39, 0.29) is 29.2 Å². The average Bonchev–Trinajstić information content (AvgIpc) is 3.18. The molecule has 1 saturated carbocycles. The first kappa shape index (κ1) is 16.5. The third kappa shape index (κ3) is 1.79. The van der Waals surface area contributed by atoms with E-state index < -0.39 is 21.0 Å². The van der Waals surface area contributed by atoms with Crippen molar-refractivity contribution >= 4 is 22.4 Å². The molecule has 0 N–H and O–H groups in total. The molecule has 0 saturated heterocycles. The van der Waals surface area contributed by atoms with Crippen molar-refractivity contribution in [3.63, 3.8) is 0 Å². The topological polar surface area (TPSA) is 60.4 Å². The molecule has 130 valence electrons. The normalized spacial score (nSPS) is 37.0. The summed E-state index contributed by atoms with van der Waals surface area (Å²) in [5.41, 5.74) is 0.0544. The predicted octanol–water partition coefficient (Wildman–Crippen LogP) is 2.74. The monoisotopic (exact) mass is 356 g/mol. The Morgan fingerprint density at radius 2 is 1.76 bits per heavy atom. The molecule has 3 aliphatic carbocycles. The van der Waals surface area contributed by atoms with Gasteiger partial charge in [-0.3, -0.25) is 13.8 Å². The quantitative estimate of drug-likeness (QED) is 0.782. The minimum atomic E-state index is -1.66. The Labute approximate surface area is 149 Å². The zero-order chi connectivity index (χ0) is 18.0. The first-order chi connectivity index (χ1) is 11.9. The van der Waals surface area contributed by atoms with Crippen molar-refractivity contribution in [1.29, 1.82) is 0 Å². The highest BCUT2D eigenvalue weighted by molar-refractivity contribution is 7.87. The fraction of sp³-hybridized carbons (Fsp3) is 0.400. The molecule has 0 spiro atoms. The molecule has 4 nitrogen and oxygen atoms in total. The van der Waals surface area contributed by atoms with Crippen LogP contribution in [0.25, 0.3) is 0 Å². The molecule has 1 aromatic carbocycles. The molecular weight excluding hydrogens is 336 g/mol. The standard InChI is InChI=1S/C20H20O4S/c1-12-4-8-15(9-5-12)25(23)20-14-7-6-13(10-14)19(20,2)17(21)11-16(24-3)18(20)22/h4-9,11,13-14H,10H2,1-3H3/t13-,14+,19+,20+,25?/m0/s1. The number of aryl methyl sites for hydroxylation is 1. The van der Waals surface area contributed by atoms with Crippen molar-refractivity contribution in [2.45, 2.75) is 29.9 Å². The molecule has 2 bridgehead atoms. The molecule has 0 aromatic heterocycles. The van der Waals surface area contributed by atoms with Crippen LogP contribution in [0.4, 0.5) is 0 Å². The lowest BCUT2D eigenvalue weighted by atomic mass is 9.62. The third-order valence-corrected chi connectivity index (χ3v) is 8.40. The van der Waals surface area contributed by atoms with Gasteiger partial charge in [0.1, 0.15) is 4.75 Å². The van der Waals surface area contributed by atoms with E-state index in [4.69, 9.17) is 4.74 Å². The number of carbonyl (C=O) groups excluding carboxylic acids is 2. The maximum Gasteiger partial charge on any atom is 0.218 e. The largest absolute Gasteiger partial charge is 0.493 e. The molecular formula is C20H20O4S. The number of ether oxygens (including phenoxy) is 1. The van der Waals surface area contributed by atoms with E-state index in [1.54, 1.807) is 19.1 Å². The van der Waals surface area contributed by atoms with Gasteiger partial charge in [0.15, 0.2) is 11.5 Å². The molecule has 0 heterocycles. The van der Waals surface area contributed by atoms with Crippen LogP contribution in [0.3, 0.4) is 0 Å². The number of benzene rings is 1. The van der Waals surface area contributed by atoms with Crippen molar-refractivity contribution in [3.05, 3.63) is 53.8 Å². The lowest BCUT2D eigenvalue weighted by Gasteiger charge is -2.48. The summed E-state index contributed by atoms with van der Waals surface area (Å²) in [7, 11) is -0.279. The molecule has 5 atom stereocenters. The SMILES string of the molecule is COC1=CC(=O)[C@@]2(C)[C@H]3C=C[C@H](C3)[C@@]2(S(=O)c2ccc(C)cc2)C1=O. The minimum Gasteiger partial charge on any atom is -0.493 e. The van der Waals surface area contributed by atoms with Crippen LogP contribution in [0.15, 0.2) is 53.1 Å². The molecule has 0 radical (unpaired) electrons. The number of hydrogen-bond acceptors (Lipinski definition) is 4. The van der Waals surface area contributed by atoms with Crippen molar-refractivity contribution in [2.24, 2.45) is 17.3 Å². The fourth-order valence-electron chi connectivity index (χ4n) is 4.79. The van der Waals surface area contributed by atoms with Crippen LogP contribution in [0.2, 0.25) is 0 Å². The summed E-state index contributed by atoms with van der Waals surface area (Å²) in [6.07, 6.45) is 5.94. The summed E-state index contributed by atoms with van der Waals surface area (Å²) in [5.74, 6) is -0.754. The second-order valence-electron chi connectivity index (χ2n) is 7.26. The van der Waals surface area contributed by atoms with Crippen molar-refractivity contribution in [3.8, 4) is 0 Å². The van der Waals surface area contributed by atoms with Gasteiger partial charge in [-0.15, -0.1) is 0 Å². The van der Waals surface area contributed by atoms with Crippen molar-refractivity contribution in [1.82, 2.24) is 0 Å². The number of Topliss-reactive ketones (excluding diaryl/α,β-unsaturated/α-hetero) is 1. The van der Waals surface area contributed by atoms with Crippen LogP contribution in [0.1, 0.15) is 18.9 Å². The zero-order valence-corrected chi connectivity index (χ0v) is 15.3. The van der Waals surface area contributed by atoms with E-state index in [0.717, 1.165) is 5.56 Å². The Hall–Kier alpha value is -2.01. The van der Waals surface area contributed by atoms with Gasteiger partial charge in [0, 0.05) is 16.9 Å². The van der Waals surface area contributed by atoms with Crippen LogP contribution in [0, 0.1) is 24.2 Å². The van der Waals surface area contributed by atoms with Gasteiger partial charge in [-0.1, -0.05) is 29.8 Å². The Morgan fingerprint density at radius 1 is 1.12 bits per heavy atom. The summed E-state index contributed by atoms with van der Waals surface area (Å²) < 4.78 is 17.7. The minimum absolute atomic E-state index is 0.0175. The van der Waals surface area contributed by atoms with Crippen molar-refractivity contribution in [2.75, 3.05) is 7.11 Å². The first-order valence-electron chi connectivity index (χ1n) is 8.39. The van der Waals surface area contributed by atoms with E-state index >= 15 is 0 Å². The maximum atomic E-state index is 13.7. The number of allylic oxidation sites excluding steroid dienone is 4. The third-order valence-electron chi connectivity index (χ3n) is 6.20.